The molecule has 0 spiro atoms. The molecule has 156 valence electrons. The van der Waals surface area contributed by atoms with Crippen LogP contribution in [-0.2, 0) is 17.9 Å². The number of aromatic carboxylic acids is 1. The van der Waals surface area contributed by atoms with Crippen molar-refractivity contribution in [1.82, 2.24) is 24.9 Å². The van der Waals surface area contributed by atoms with Crippen LogP contribution in [0.5, 0.6) is 0 Å². The number of rotatable bonds is 8. The zero-order valence-electron chi connectivity index (χ0n) is 16.4. The number of nitrogens with zero attached hydrogens (tertiary/aromatic N) is 4. The Kier molecular flexibility index (Phi) is 6.63. The van der Waals surface area contributed by atoms with Crippen molar-refractivity contribution in [3.8, 4) is 0 Å². The average Bonchev–Trinajstić information content (AvgIpc) is 3.34. The van der Waals surface area contributed by atoms with Gasteiger partial charge in [-0.15, -0.1) is 0 Å². The van der Waals surface area contributed by atoms with Gasteiger partial charge in [-0.05, 0) is 25.8 Å². The largest absolute Gasteiger partial charge is 0.476 e. The van der Waals surface area contributed by atoms with Crippen LogP contribution in [0.25, 0.3) is 0 Å². The fourth-order valence-electron chi connectivity index (χ4n) is 3.37. The van der Waals surface area contributed by atoms with Crippen LogP contribution < -0.4 is 10.6 Å². The molecule has 0 radical (unpaired) electrons. The quantitative estimate of drug-likeness (QED) is 0.618. The summed E-state index contributed by atoms with van der Waals surface area (Å²) in [6, 6.07) is 1.52. The second-order valence-electron chi connectivity index (χ2n) is 7.12. The normalized spacial score (nSPS) is 14.5. The van der Waals surface area contributed by atoms with Gasteiger partial charge in [0.25, 0.3) is 5.91 Å². The Morgan fingerprint density at radius 1 is 1.17 bits per heavy atom. The van der Waals surface area contributed by atoms with Gasteiger partial charge in [-0.2, -0.15) is 10.2 Å². The fraction of sp³-hybridized carbons (Fsp3) is 0.526. The minimum Gasteiger partial charge on any atom is -0.476 e. The van der Waals surface area contributed by atoms with Gasteiger partial charge in [0.1, 0.15) is 0 Å². The summed E-state index contributed by atoms with van der Waals surface area (Å²) in [6.45, 7) is 2.70. The zero-order valence-corrected chi connectivity index (χ0v) is 16.4. The third-order valence-corrected chi connectivity index (χ3v) is 4.94. The molecular formula is C19H26N6O4. The van der Waals surface area contributed by atoms with E-state index in [0.29, 0.717) is 12.2 Å². The number of amides is 2. The summed E-state index contributed by atoms with van der Waals surface area (Å²) in [5.41, 5.74) is 0.506. The number of carbonyl (C=O) groups is 3. The topological polar surface area (TPSA) is 131 Å². The molecule has 1 fully saturated rings. The molecule has 3 rings (SSSR count). The molecule has 10 heteroatoms. The molecule has 0 atom stereocenters. The molecule has 0 bridgehead atoms. The van der Waals surface area contributed by atoms with Gasteiger partial charge in [0.05, 0.1) is 5.69 Å². The molecule has 2 amide bonds. The number of hydrogen-bond acceptors (Lipinski definition) is 5. The van der Waals surface area contributed by atoms with E-state index < -0.39 is 5.97 Å². The maximum absolute atomic E-state index is 12.7. The van der Waals surface area contributed by atoms with Crippen LogP contribution >= 0.6 is 0 Å². The number of carbonyl (C=O) groups excluding carboxylic acids is 2. The van der Waals surface area contributed by atoms with Crippen LogP contribution in [0.3, 0.4) is 0 Å². The first-order chi connectivity index (χ1) is 14.0. The van der Waals surface area contributed by atoms with E-state index in [1.54, 1.807) is 10.9 Å². The number of carboxylic acids is 1. The van der Waals surface area contributed by atoms with Gasteiger partial charge in [-0.1, -0.05) is 19.3 Å². The minimum absolute atomic E-state index is 0.0729. The van der Waals surface area contributed by atoms with Gasteiger partial charge in [0.2, 0.25) is 5.91 Å². The minimum atomic E-state index is -1.12. The highest BCUT2D eigenvalue weighted by molar-refractivity contribution is 6.02. The van der Waals surface area contributed by atoms with Crippen molar-refractivity contribution in [2.75, 3.05) is 5.32 Å². The van der Waals surface area contributed by atoms with Gasteiger partial charge in [0.15, 0.2) is 11.4 Å². The predicted octanol–water partition coefficient (Wildman–Crippen LogP) is 1.89. The molecule has 2 aromatic heterocycles. The molecular weight excluding hydrogens is 376 g/mol. The summed E-state index contributed by atoms with van der Waals surface area (Å²) in [6.07, 6.45) is 8.57. The first-order valence-electron chi connectivity index (χ1n) is 9.91. The molecule has 0 aromatic carbocycles. The molecule has 1 aliphatic carbocycles. The van der Waals surface area contributed by atoms with Gasteiger partial charge in [0, 0.05) is 37.9 Å². The second-order valence-corrected chi connectivity index (χ2v) is 7.12. The summed E-state index contributed by atoms with van der Waals surface area (Å²) < 4.78 is 3.01. The van der Waals surface area contributed by atoms with Crippen molar-refractivity contribution in [2.45, 2.75) is 64.6 Å². The molecule has 2 heterocycles. The first kappa shape index (κ1) is 20.6. The van der Waals surface area contributed by atoms with Crippen molar-refractivity contribution >= 4 is 23.5 Å². The monoisotopic (exact) mass is 402 g/mol. The summed E-state index contributed by atoms with van der Waals surface area (Å²) in [5, 5.41) is 22.8. The Bertz CT molecular complexity index is 881. The molecule has 2 aromatic rings. The average molecular weight is 402 g/mol. The van der Waals surface area contributed by atoms with E-state index >= 15 is 0 Å². The van der Waals surface area contributed by atoms with Gasteiger partial charge in [-0.3, -0.25) is 19.0 Å². The molecule has 1 aliphatic rings. The molecule has 29 heavy (non-hydrogen) atoms. The number of anilines is 1. The van der Waals surface area contributed by atoms with E-state index in [1.165, 1.54) is 23.4 Å². The number of aryl methyl sites for hydroxylation is 2. The fourth-order valence-corrected chi connectivity index (χ4v) is 3.37. The number of carboxylic acid groups (broad SMARTS) is 1. The molecule has 1 saturated carbocycles. The third kappa shape index (κ3) is 5.43. The number of aromatic nitrogens is 4. The lowest BCUT2D eigenvalue weighted by molar-refractivity contribution is -0.116. The van der Waals surface area contributed by atoms with E-state index in [0.717, 1.165) is 25.7 Å². The van der Waals surface area contributed by atoms with Gasteiger partial charge >= 0.3 is 5.97 Å². The molecule has 10 nitrogen and oxygen atoms in total. The summed E-state index contributed by atoms with van der Waals surface area (Å²) in [7, 11) is 0. The van der Waals surface area contributed by atoms with Crippen molar-refractivity contribution in [2.24, 2.45) is 0 Å². The molecule has 0 saturated heterocycles. The van der Waals surface area contributed by atoms with E-state index in [-0.39, 0.29) is 42.2 Å². The van der Waals surface area contributed by atoms with E-state index in [4.69, 9.17) is 5.11 Å². The smallest absolute Gasteiger partial charge is 0.356 e. The SMILES string of the molecule is CCn1cc(NC(=O)CCn2ccc(C(=O)O)n2)c(C(=O)NC2CCCCC2)n1. The molecule has 0 aliphatic heterocycles. The van der Waals surface area contributed by atoms with Gasteiger partial charge < -0.3 is 15.7 Å². The number of hydrogen-bond donors (Lipinski definition) is 3. The Morgan fingerprint density at radius 3 is 2.59 bits per heavy atom. The van der Waals surface area contributed by atoms with Crippen molar-refractivity contribution < 1.29 is 19.5 Å². The van der Waals surface area contributed by atoms with Crippen molar-refractivity contribution in [3.63, 3.8) is 0 Å². The Hall–Kier alpha value is -3.17. The van der Waals surface area contributed by atoms with Crippen molar-refractivity contribution in [3.05, 3.63) is 29.8 Å². The highest BCUT2D eigenvalue weighted by Gasteiger charge is 2.22. The maximum atomic E-state index is 12.7. The standard InChI is InChI=1S/C19H26N6O4/c1-2-24-12-15(17(23-24)18(27)20-13-6-4-3-5-7-13)21-16(26)9-11-25-10-8-14(22-25)19(28)29/h8,10,12-13H,2-7,9,11H2,1H3,(H,20,27)(H,21,26)(H,28,29). The summed E-state index contributed by atoms with van der Waals surface area (Å²) >= 11 is 0. The summed E-state index contributed by atoms with van der Waals surface area (Å²) in [4.78, 5) is 35.9. The van der Waals surface area contributed by atoms with Crippen LogP contribution in [0.15, 0.2) is 18.5 Å². The first-order valence-corrected chi connectivity index (χ1v) is 9.91. The Balaban J connectivity index is 1.61. The molecule has 3 N–H and O–H groups in total. The lowest BCUT2D eigenvalue weighted by Crippen LogP contribution is -2.36. The highest BCUT2D eigenvalue weighted by atomic mass is 16.4. The van der Waals surface area contributed by atoms with Crippen LogP contribution in [0.4, 0.5) is 5.69 Å². The van der Waals surface area contributed by atoms with Crippen LogP contribution in [0, 0.1) is 0 Å². The lowest BCUT2D eigenvalue weighted by Gasteiger charge is -2.22. The highest BCUT2D eigenvalue weighted by Crippen LogP contribution is 2.19. The molecule has 0 unspecified atom stereocenters. The maximum Gasteiger partial charge on any atom is 0.356 e. The van der Waals surface area contributed by atoms with Crippen LogP contribution in [0.2, 0.25) is 0 Å². The van der Waals surface area contributed by atoms with E-state index in [2.05, 4.69) is 20.8 Å². The lowest BCUT2D eigenvalue weighted by atomic mass is 9.95. The van der Waals surface area contributed by atoms with Crippen LogP contribution in [0.1, 0.15) is 66.4 Å². The summed E-state index contributed by atoms with van der Waals surface area (Å²) in [5.74, 6) is -1.70. The van der Waals surface area contributed by atoms with Crippen molar-refractivity contribution in [1.29, 1.82) is 0 Å². The van der Waals surface area contributed by atoms with Gasteiger partial charge in [-0.25, -0.2) is 4.79 Å². The van der Waals surface area contributed by atoms with E-state index in [1.807, 2.05) is 6.92 Å². The Morgan fingerprint density at radius 2 is 1.93 bits per heavy atom. The predicted molar refractivity (Wildman–Crippen MR) is 105 cm³/mol. The number of nitrogens with one attached hydrogen (secondary N) is 2. The van der Waals surface area contributed by atoms with E-state index in [9.17, 15) is 14.4 Å². The zero-order chi connectivity index (χ0) is 20.8. The van der Waals surface area contributed by atoms with Crippen LogP contribution in [-0.4, -0.2) is 48.5 Å². The third-order valence-electron chi connectivity index (χ3n) is 4.94. The second kappa shape index (κ2) is 9.35. The Labute approximate surface area is 168 Å².